The third kappa shape index (κ3) is 2.72. The number of aromatic hydroxyl groups is 1. The van der Waals surface area contributed by atoms with Crippen LogP contribution in [-0.2, 0) is 0 Å². The summed E-state index contributed by atoms with van der Waals surface area (Å²) in [5.74, 6) is 0.137. The Labute approximate surface area is 118 Å². The number of aromatic nitrogens is 1. The normalized spacial score (nSPS) is 10.4. The molecule has 0 bridgehead atoms. The van der Waals surface area contributed by atoms with Crippen molar-refractivity contribution in [2.24, 2.45) is 0 Å². The highest BCUT2D eigenvalue weighted by Gasteiger charge is 2.09. The molecular formula is C11H8Cl3N3O. The van der Waals surface area contributed by atoms with Crippen LogP contribution in [0.4, 0.5) is 17.2 Å². The summed E-state index contributed by atoms with van der Waals surface area (Å²) >= 11 is 17.7. The highest BCUT2D eigenvalue weighted by Crippen LogP contribution is 2.34. The van der Waals surface area contributed by atoms with Crippen LogP contribution in [0, 0.1) is 0 Å². The molecule has 0 radical (unpaired) electrons. The summed E-state index contributed by atoms with van der Waals surface area (Å²) in [6, 6.07) is 5.97. The summed E-state index contributed by atoms with van der Waals surface area (Å²) in [7, 11) is 0. The Bertz CT molecular complexity index is 604. The molecular weight excluding hydrogens is 296 g/mol. The maximum atomic E-state index is 9.30. The van der Waals surface area contributed by atoms with Crippen molar-refractivity contribution in [3.05, 3.63) is 39.3 Å². The van der Waals surface area contributed by atoms with Crippen molar-refractivity contribution >= 4 is 52.0 Å². The molecule has 0 fully saturated rings. The predicted molar refractivity (Wildman–Crippen MR) is 75.1 cm³/mol. The number of anilines is 3. The zero-order valence-electron chi connectivity index (χ0n) is 8.92. The Morgan fingerprint density at radius 2 is 1.72 bits per heavy atom. The van der Waals surface area contributed by atoms with Crippen molar-refractivity contribution in [2.45, 2.75) is 0 Å². The van der Waals surface area contributed by atoms with E-state index in [0.717, 1.165) is 0 Å². The molecule has 0 amide bonds. The van der Waals surface area contributed by atoms with E-state index in [9.17, 15) is 5.11 Å². The lowest BCUT2D eigenvalue weighted by Crippen LogP contribution is -1.99. The van der Waals surface area contributed by atoms with Gasteiger partial charge < -0.3 is 16.2 Å². The van der Waals surface area contributed by atoms with Crippen LogP contribution in [0.3, 0.4) is 0 Å². The van der Waals surface area contributed by atoms with Crippen molar-refractivity contribution in [1.82, 2.24) is 4.98 Å². The van der Waals surface area contributed by atoms with Gasteiger partial charge in [-0.2, -0.15) is 4.98 Å². The maximum Gasteiger partial charge on any atom is 0.212 e. The fourth-order valence-corrected chi connectivity index (χ4v) is 1.90. The summed E-state index contributed by atoms with van der Waals surface area (Å²) in [5.41, 5.74) is 6.58. The van der Waals surface area contributed by atoms with E-state index in [2.05, 4.69) is 10.3 Å². The Balaban J connectivity index is 2.40. The Hall–Kier alpha value is -1.36. The average molecular weight is 305 g/mol. The first-order valence-electron chi connectivity index (χ1n) is 4.84. The molecule has 4 nitrogen and oxygen atoms in total. The third-order valence-corrected chi connectivity index (χ3v) is 3.21. The standard InChI is InChI=1S/C11H8Cl3N3O/c12-5-3-7(14)9(4-6(5)13)16-11-8(15)1-2-10(18)17-11/h1-4H,15H2,(H2,16,17,18). The maximum absolute atomic E-state index is 9.30. The second-order valence-corrected chi connectivity index (χ2v) is 4.70. The van der Waals surface area contributed by atoms with Crippen molar-refractivity contribution < 1.29 is 5.11 Å². The fraction of sp³-hybridized carbons (Fsp3) is 0. The van der Waals surface area contributed by atoms with E-state index in [1.165, 1.54) is 18.2 Å². The van der Waals surface area contributed by atoms with Gasteiger partial charge in [0.15, 0.2) is 5.82 Å². The zero-order valence-corrected chi connectivity index (χ0v) is 11.2. The van der Waals surface area contributed by atoms with Gasteiger partial charge >= 0.3 is 0 Å². The first-order chi connectivity index (χ1) is 8.47. The van der Waals surface area contributed by atoms with E-state index in [4.69, 9.17) is 40.5 Å². The molecule has 0 aliphatic carbocycles. The van der Waals surface area contributed by atoms with E-state index in [-0.39, 0.29) is 11.7 Å². The van der Waals surface area contributed by atoms with Crippen LogP contribution in [-0.4, -0.2) is 10.1 Å². The van der Waals surface area contributed by atoms with Crippen LogP contribution in [0.15, 0.2) is 24.3 Å². The number of hydrogen-bond donors (Lipinski definition) is 3. The van der Waals surface area contributed by atoms with Crippen molar-refractivity contribution in [3.8, 4) is 5.88 Å². The Morgan fingerprint density at radius 1 is 1.06 bits per heavy atom. The molecule has 4 N–H and O–H groups in total. The molecule has 0 unspecified atom stereocenters. The van der Waals surface area contributed by atoms with Gasteiger partial charge in [-0.1, -0.05) is 34.8 Å². The molecule has 0 aliphatic rings. The molecule has 7 heteroatoms. The van der Waals surface area contributed by atoms with Gasteiger partial charge in [0.2, 0.25) is 5.88 Å². The molecule has 94 valence electrons. The quantitative estimate of drug-likeness (QED) is 0.731. The summed E-state index contributed by atoms with van der Waals surface area (Å²) in [6.45, 7) is 0. The van der Waals surface area contributed by atoms with Crippen molar-refractivity contribution in [3.63, 3.8) is 0 Å². The van der Waals surface area contributed by atoms with Gasteiger partial charge in [-0.25, -0.2) is 0 Å². The number of hydrogen-bond acceptors (Lipinski definition) is 4. The van der Waals surface area contributed by atoms with Gasteiger partial charge in [-0.15, -0.1) is 0 Å². The molecule has 0 spiro atoms. The van der Waals surface area contributed by atoms with Gasteiger partial charge in [0, 0.05) is 6.07 Å². The van der Waals surface area contributed by atoms with Gasteiger partial charge in [0.1, 0.15) is 0 Å². The number of pyridine rings is 1. The first-order valence-corrected chi connectivity index (χ1v) is 5.98. The van der Waals surface area contributed by atoms with Gasteiger partial charge in [-0.3, -0.25) is 0 Å². The van der Waals surface area contributed by atoms with E-state index in [1.807, 2.05) is 0 Å². The zero-order chi connectivity index (χ0) is 13.3. The van der Waals surface area contributed by atoms with Crippen LogP contribution in [0.5, 0.6) is 5.88 Å². The summed E-state index contributed by atoms with van der Waals surface area (Å²) in [6.07, 6.45) is 0. The molecule has 1 aromatic heterocycles. The molecule has 0 saturated heterocycles. The summed E-state index contributed by atoms with van der Waals surface area (Å²) in [4.78, 5) is 3.85. The molecule has 2 rings (SSSR count). The lowest BCUT2D eigenvalue weighted by molar-refractivity contribution is 0.454. The van der Waals surface area contributed by atoms with Crippen LogP contribution in [0.25, 0.3) is 0 Å². The SMILES string of the molecule is Nc1ccc(O)nc1Nc1cc(Cl)c(Cl)cc1Cl. The summed E-state index contributed by atoms with van der Waals surface area (Å²) in [5, 5.41) is 13.2. The molecule has 18 heavy (non-hydrogen) atoms. The molecule has 0 aliphatic heterocycles. The number of nitrogen functional groups attached to an aromatic ring is 1. The molecule has 0 atom stereocenters. The monoisotopic (exact) mass is 303 g/mol. The minimum Gasteiger partial charge on any atom is -0.493 e. The lowest BCUT2D eigenvalue weighted by atomic mass is 10.3. The van der Waals surface area contributed by atoms with Crippen molar-refractivity contribution in [1.29, 1.82) is 0 Å². The predicted octanol–water partition coefficient (Wildman–Crippen LogP) is 4.07. The fourth-order valence-electron chi connectivity index (χ4n) is 1.31. The number of nitrogens with two attached hydrogens (primary N) is 1. The molecule has 1 heterocycles. The Kier molecular flexibility index (Phi) is 3.71. The number of benzene rings is 1. The van der Waals surface area contributed by atoms with E-state index in [0.29, 0.717) is 26.4 Å². The smallest absolute Gasteiger partial charge is 0.212 e. The Morgan fingerprint density at radius 3 is 2.44 bits per heavy atom. The minimum absolute atomic E-state index is 0.150. The number of nitrogens with zero attached hydrogens (tertiary/aromatic N) is 1. The summed E-state index contributed by atoms with van der Waals surface area (Å²) < 4.78 is 0. The third-order valence-electron chi connectivity index (χ3n) is 2.17. The van der Waals surface area contributed by atoms with Gasteiger partial charge in [0.05, 0.1) is 26.4 Å². The van der Waals surface area contributed by atoms with E-state index >= 15 is 0 Å². The number of nitrogens with one attached hydrogen (secondary N) is 1. The van der Waals surface area contributed by atoms with E-state index in [1.54, 1.807) is 6.07 Å². The lowest BCUT2D eigenvalue weighted by Gasteiger charge is -2.11. The van der Waals surface area contributed by atoms with Crippen molar-refractivity contribution in [2.75, 3.05) is 11.1 Å². The second kappa shape index (κ2) is 5.10. The van der Waals surface area contributed by atoms with Crippen LogP contribution in [0.1, 0.15) is 0 Å². The van der Waals surface area contributed by atoms with Crippen LogP contribution < -0.4 is 11.1 Å². The van der Waals surface area contributed by atoms with Gasteiger partial charge in [0.25, 0.3) is 0 Å². The van der Waals surface area contributed by atoms with Gasteiger partial charge in [-0.05, 0) is 18.2 Å². The van der Waals surface area contributed by atoms with E-state index < -0.39 is 0 Å². The van der Waals surface area contributed by atoms with Crippen LogP contribution in [0.2, 0.25) is 15.1 Å². The topological polar surface area (TPSA) is 71.2 Å². The molecule has 0 saturated carbocycles. The van der Waals surface area contributed by atoms with Crippen LogP contribution >= 0.6 is 34.8 Å². The number of halogens is 3. The molecule has 2 aromatic rings. The number of rotatable bonds is 2. The molecule has 1 aromatic carbocycles. The largest absolute Gasteiger partial charge is 0.493 e. The average Bonchev–Trinajstić information content (AvgIpc) is 2.30. The first kappa shape index (κ1) is 13.1. The second-order valence-electron chi connectivity index (χ2n) is 3.48. The minimum atomic E-state index is -0.150. The highest BCUT2D eigenvalue weighted by molar-refractivity contribution is 6.44. The highest BCUT2D eigenvalue weighted by atomic mass is 35.5.